The first-order valence-electron chi connectivity index (χ1n) is 7.74. The van der Waals surface area contributed by atoms with Gasteiger partial charge >= 0.3 is 0 Å². The van der Waals surface area contributed by atoms with Crippen LogP contribution >= 0.6 is 0 Å². The van der Waals surface area contributed by atoms with Gasteiger partial charge in [-0.25, -0.2) is 9.67 Å². The number of nitrogens with one attached hydrogen (secondary N) is 1. The highest BCUT2D eigenvalue weighted by molar-refractivity contribution is 4.84. The number of rotatable bonds is 10. The van der Waals surface area contributed by atoms with E-state index in [2.05, 4.69) is 43.1 Å². The van der Waals surface area contributed by atoms with Crippen LogP contribution in [0.25, 0.3) is 0 Å². The lowest BCUT2D eigenvalue weighted by Gasteiger charge is -2.15. The van der Waals surface area contributed by atoms with Gasteiger partial charge in [0, 0.05) is 6.54 Å². The summed E-state index contributed by atoms with van der Waals surface area (Å²) in [4.78, 5) is 4.34. The Balaban J connectivity index is 2.33. The van der Waals surface area contributed by atoms with Crippen LogP contribution in [0.4, 0.5) is 0 Å². The van der Waals surface area contributed by atoms with Crippen molar-refractivity contribution >= 4 is 0 Å². The van der Waals surface area contributed by atoms with Crippen molar-refractivity contribution in [3.8, 4) is 0 Å². The van der Waals surface area contributed by atoms with Crippen molar-refractivity contribution in [2.45, 2.75) is 66.5 Å². The molecule has 110 valence electrons. The van der Waals surface area contributed by atoms with Gasteiger partial charge in [-0.3, -0.25) is 0 Å². The molecule has 0 aliphatic rings. The maximum atomic E-state index is 4.34. The van der Waals surface area contributed by atoms with Crippen LogP contribution in [0.1, 0.15) is 59.2 Å². The van der Waals surface area contributed by atoms with E-state index < -0.39 is 0 Å². The maximum Gasteiger partial charge on any atom is 0.140 e. The maximum absolute atomic E-state index is 4.34. The molecule has 4 heteroatoms. The molecule has 0 aliphatic heterocycles. The molecular formula is C15H30N4. The molecule has 0 aliphatic carbocycles. The van der Waals surface area contributed by atoms with Crippen LogP contribution in [-0.2, 0) is 13.1 Å². The Labute approximate surface area is 118 Å². The Hall–Kier alpha value is -0.900. The fourth-order valence-corrected chi connectivity index (χ4v) is 2.25. The zero-order chi connectivity index (χ0) is 14.1. The van der Waals surface area contributed by atoms with Gasteiger partial charge in [-0.2, -0.15) is 5.10 Å². The number of nitrogens with zero attached hydrogens (tertiary/aromatic N) is 3. The van der Waals surface area contributed by atoms with Gasteiger partial charge < -0.3 is 5.32 Å². The summed E-state index contributed by atoms with van der Waals surface area (Å²) < 4.78 is 2.02. The molecule has 1 rings (SSSR count). The SMILES string of the molecule is CCCCC(CC)CNCc1ncnn1CC(C)C. The van der Waals surface area contributed by atoms with Crippen LogP contribution in [0.5, 0.6) is 0 Å². The van der Waals surface area contributed by atoms with Crippen molar-refractivity contribution < 1.29 is 0 Å². The van der Waals surface area contributed by atoms with Crippen LogP contribution in [0.2, 0.25) is 0 Å². The quantitative estimate of drug-likeness (QED) is 0.707. The summed E-state index contributed by atoms with van der Waals surface area (Å²) in [5.41, 5.74) is 0. The van der Waals surface area contributed by atoms with Crippen molar-refractivity contribution in [2.75, 3.05) is 6.54 Å². The van der Waals surface area contributed by atoms with Crippen LogP contribution in [0, 0.1) is 11.8 Å². The molecule has 0 saturated heterocycles. The van der Waals surface area contributed by atoms with Crippen LogP contribution in [0.3, 0.4) is 0 Å². The monoisotopic (exact) mass is 266 g/mol. The largest absolute Gasteiger partial charge is 0.310 e. The topological polar surface area (TPSA) is 42.7 Å². The Morgan fingerprint density at radius 2 is 2.11 bits per heavy atom. The van der Waals surface area contributed by atoms with Crippen LogP contribution < -0.4 is 5.32 Å². The lowest BCUT2D eigenvalue weighted by atomic mass is 9.99. The molecule has 0 spiro atoms. The normalized spacial score (nSPS) is 13.1. The molecule has 1 heterocycles. The van der Waals surface area contributed by atoms with E-state index in [1.807, 2.05) is 4.68 Å². The smallest absolute Gasteiger partial charge is 0.140 e. The molecule has 1 unspecified atom stereocenters. The van der Waals surface area contributed by atoms with Crippen molar-refractivity contribution in [1.29, 1.82) is 0 Å². The van der Waals surface area contributed by atoms with Gasteiger partial charge in [0.15, 0.2) is 0 Å². The Kier molecular flexibility index (Phi) is 7.72. The Morgan fingerprint density at radius 3 is 2.74 bits per heavy atom. The second-order valence-electron chi connectivity index (χ2n) is 5.80. The van der Waals surface area contributed by atoms with Crippen molar-refractivity contribution in [1.82, 2.24) is 20.1 Å². The molecule has 0 saturated carbocycles. The number of unbranched alkanes of at least 4 members (excludes halogenated alkanes) is 1. The lowest BCUT2D eigenvalue weighted by Crippen LogP contribution is -2.24. The highest BCUT2D eigenvalue weighted by atomic mass is 15.3. The molecule has 1 atom stereocenters. The van der Waals surface area contributed by atoms with Crippen LogP contribution in [0.15, 0.2) is 6.33 Å². The van der Waals surface area contributed by atoms with Crippen molar-refractivity contribution in [3.63, 3.8) is 0 Å². The van der Waals surface area contributed by atoms with Gasteiger partial charge in [0.25, 0.3) is 0 Å². The zero-order valence-corrected chi connectivity index (χ0v) is 13.0. The van der Waals surface area contributed by atoms with Crippen LogP contribution in [-0.4, -0.2) is 21.3 Å². The summed E-state index contributed by atoms with van der Waals surface area (Å²) >= 11 is 0. The van der Waals surface area contributed by atoms with Gasteiger partial charge in [-0.15, -0.1) is 0 Å². The molecular weight excluding hydrogens is 236 g/mol. The van der Waals surface area contributed by atoms with E-state index in [1.165, 1.54) is 25.7 Å². The van der Waals surface area contributed by atoms with E-state index in [4.69, 9.17) is 0 Å². The third-order valence-corrected chi connectivity index (χ3v) is 3.49. The molecule has 4 nitrogen and oxygen atoms in total. The molecule has 0 fully saturated rings. The van der Waals surface area contributed by atoms with Gasteiger partial charge in [-0.1, -0.05) is 47.0 Å². The second-order valence-corrected chi connectivity index (χ2v) is 5.80. The molecule has 1 N–H and O–H groups in total. The Bertz CT molecular complexity index is 333. The predicted molar refractivity (Wildman–Crippen MR) is 79.9 cm³/mol. The summed E-state index contributed by atoms with van der Waals surface area (Å²) in [7, 11) is 0. The minimum Gasteiger partial charge on any atom is -0.310 e. The average molecular weight is 266 g/mol. The van der Waals surface area contributed by atoms with E-state index in [-0.39, 0.29) is 0 Å². The minimum absolute atomic E-state index is 0.605. The minimum atomic E-state index is 0.605. The molecule has 0 radical (unpaired) electrons. The molecule has 1 aromatic rings. The third-order valence-electron chi connectivity index (χ3n) is 3.49. The first-order valence-corrected chi connectivity index (χ1v) is 7.74. The zero-order valence-electron chi connectivity index (χ0n) is 13.0. The molecule has 0 amide bonds. The Morgan fingerprint density at radius 1 is 1.32 bits per heavy atom. The molecule has 0 bridgehead atoms. The summed E-state index contributed by atoms with van der Waals surface area (Å²) in [6, 6.07) is 0. The fourth-order valence-electron chi connectivity index (χ4n) is 2.25. The first-order chi connectivity index (χ1) is 9.17. The standard InChI is InChI=1S/C15H30N4/c1-5-7-8-14(6-2)9-16-10-15-17-12-18-19(15)11-13(3)4/h12-14,16H,5-11H2,1-4H3. The van der Waals surface area contributed by atoms with E-state index in [0.29, 0.717) is 5.92 Å². The average Bonchev–Trinajstić information content (AvgIpc) is 2.80. The summed E-state index contributed by atoms with van der Waals surface area (Å²) in [6.07, 6.45) is 6.88. The predicted octanol–water partition coefficient (Wildman–Crippen LogP) is 3.24. The van der Waals surface area contributed by atoms with Crippen molar-refractivity contribution in [2.24, 2.45) is 11.8 Å². The van der Waals surface area contributed by atoms with E-state index in [1.54, 1.807) is 6.33 Å². The molecule has 19 heavy (non-hydrogen) atoms. The highest BCUT2D eigenvalue weighted by Gasteiger charge is 2.08. The van der Waals surface area contributed by atoms with Gasteiger partial charge in [0.05, 0.1) is 6.54 Å². The summed E-state index contributed by atoms with van der Waals surface area (Å²) in [5, 5.41) is 7.83. The third kappa shape index (κ3) is 6.19. The molecule has 0 aromatic carbocycles. The van der Waals surface area contributed by atoms with Gasteiger partial charge in [-0.05, 0) is 24.8 Å². The number of hydrogen-bond acceptors (Lipinski definition) is 3. The van der Waals surface area contributed by atoms with Gasteiger partial charge in [0.1, 0.15) is 12.2 Å². The summed E-state index contributed by atoms with van der Waals surface area (Å²) in [5.74, 6) is 2.45. The van der Waals surface area contributed by atoms with E-state index in [9.17, 15) is 0 Å². The van der Waals surface area contributed by atoms with E-state index in [0.717, 1.165) is 31.4 Å². The second kappa shape index (κ2) is 9.08. The van der Waals surface area contributed by atoms with Crippen molar-refractivity contribution in [3.05, 3.63) is 12.2 Å². The molecule has 1 aromatic heterocycles. The lowest BCUT2D eigenvalue weighted by molar-refractivity contribution is 0.406. The fraction of sp³-hybridized carbons (Fsp3) is 0.867. The highest BCUT2D eigenvalue weighted by Crippen LogP contribution is 2.11. The first kappa shape index (κ1) is 16.2. The number of aromatic nitrogens is 3. The number of hydrogen-bond donors (Lipinski definition) is 1. The van der Waals surface area contributed by atoms with E-state index >= 15 is 0 Å². The summed E-state index contributed by atoms with van der Waals surface area (Å²) in [6.45, 7) is 11.8. The van der Waals surface area contributed by atoms with Gasteiger partial charge in [0.2, 0.25) is 0 Å².